The van der Waals surface area contributed by atoms with E-state index in [0.717, 1.165) is 15.8 Å². The number of ketones is 1. The summed E-state index contributed by atoms with van der Waals surface area (Å²) in [6, 6.07) is 20.8. The molecule has 7 heteroatoms. The van der Waals surface area contributed by atoms with Gasteiger partial charge in [-0.15, -0.1) is 0 Å². The summed E-state index contributed by atoms with van der Waals surface area (Å²) in [4.78, 5) is 32.3. The maximum atomic E-state index is 13.2. The van der Waals surface area contributed by atoms with Gasteiger partial charge in [0.25, 0.3) is 5.78 Å². The second kappa shape index (κ2) is 7.89. The number of aromatic nitrogens is 1. The van der Waals surface area contributed by atoms with Crippen molar-refractivity contribution < 1.29 is 14.7 Å². The van der Waals surface area contributed by atoms with Crippen LogP contribution < -0.4 is 4.90 Å². The smallest absolute Gasteiger partial charge is 0.301 e. The highest BCUT2D eigenvalue weighted by atomic mass is 35.5. The molecule has 1 atom stereocenters. The van der Waals surface area contributed by atoms with Crippen LogP contribution >= 0.6 is 22.9 Å². The van der Waals surface area contributed by atoms with E-state index in [-0.39, 0.29) is 11.3 Å². The molecule has 1 unspecified atom stereocenters. The topological polar surface area (TPSA) is 70.5 Å². The summed E-state index contributed by atoms with van der Waals surface area (Å²) >= 11 is 7.40. The van der Waals surface area contributed by atoms with Gasteiger partial charge in [-0.2, -0.15) is 0 Å². The van der Waals surface area contributed by atoms with Crippen LogP contribution in [0.15, 0.2) is 78.4 Å². The van der Waals surface area contributed by atoms with Gasteiger partial charge < -0.3 is 5.11 Å². The number of nitrogens with zero attached hydrogens (tertiary/aromatic N) is 2. The number of hydrogen-bond acceptors (Lipinski definition) is 5. The summed E-state index contributed by atoms with van der Waals surface area (Å²) in [6.45, 7) is 1.93. The third-order valence-electron chi connectivity index (χ3n) is 5.44. The zero-order valence-corrected chi connectivity index (χ0v) is 18.5. The molecule has 1 aliphatic rings. The van der Waals surface area contributed by atoms with Crippen LogP contribution in [0, 0.1) is 6.92 Å². The van der Waals surface area contributed by atoms with Crippen molar-refractivity contribution in [1.82, 2.24) is 4.98 Å². The molecular formula is C25H17ClN2O3S. The first-order valence-corrected chi connectivity index (χ1v) is 11.1. The minimum Gasteiger partial charge on any atom is -0.507 e. The van der Waals surface area contributed by atoms with E-state index in [0.29, 0.717) is 21.3 Å². The first kappa shape index (κ1) is 20.4. The normalized spacial score (nSPS) is 17.9. The van der Waals surface area contributed by atoms with Gasteiger partial charge in [0.15, 0.2) is 5.13 Å². The first-order valence-electron chi connectivity index (χ1n) is 9.93. The van der Waals surface area contributed by atoms with E-state index in [1.165, 1.54) is 16.2 Å². The molecule has 5 rings (SSSR count). The Labute approximate surface area is 193 Å². The lowest BCUT2D eigenvalue weighted by molar-refractivity contribution is -0.132. The van der Waals surface area contributed by atoms with Crippen molar-refractivity contribution >= 4 is 55.7 Å². The quantitative estimate of drug-likeness (QED) is 0.235. The largest absolute Gasteiger partial charge is 0.507 e. The fraction of sp³-hybridized carbons (Fsp3) is 0.0800. The maximum Gasteiger partial charge on any atom is 0.301 e. The van der Waals surface area contributed by atoms with Crippen LogP contribution in [0.1, 0.15) is 22.7 Å². The number of halogens is 1. The number of aliphatic hydroxyl groups excluding tert-OH is 1. The van der Waals surface area contributed by atoms with E-state index >= 15 is 0 Å². The van der Waals surface area contributed by atoms with E-state index in [9.17, 15) is 14.7 Å². The van der Waals surface area contributed by atoms with E-state index < -0.39 is 17.7 Å². The Bertz CT molecular complexity index is 1360. The van der Waals surface area contributed by atoms with Crippen LogP contribution in [-0.2, 0) is 9.59 Å². The minimum absolute atomic E-state index is 0.0282. The number of para-hydroxylation sites is 1. The molecule has 0 radical (unpaired) electrons. The molecule has 158 valence electrons. The van der Waals surface area contributed by atoms with Gasteiger partial charge in [0.1, 0.15) is 5.76 Å². The van der Waals surface area contributed by atoms with E-state index in [1.807, 2.05) is 43.3 Å². The SMILES string of the molecule is Cc1ccc(C(O)=C2C(=O)C(=O)N(c3nc4ccccc4s3)C2c2ccc(Cl)cc2)cc1. The van der Waals surface area contributed by atoms with Crippen molar-refractivity contribution in [1.29, 1.82) is 0 Å². The van der Waals surface area contributed by atoms with E-state index in [1.54, 1.807) is 36.4 Å². The van der Waals surface area contributed by atoms with Crippen molar-refractivity contribution in [3.8, 4) is 0 Å². The van der Waals surface area contributed by atoms with Crippen LogP contribution in [0.25, 0.3) is 16.0 Å². The Kier molecular flexibility index (Phi) is 5.04. The summed E-state index contributed by atoms with van der Waals surface area (Å²) in [5, 5.41) is 12.1. The molecule has 3 aromatic carbocycles. The van der Waals surface area contributed by atoms with Crippen LogP contribution in [-0.4, -0.2) is 21.8 Å². The summed E-state index contributed by atoms with van der Waals surface area (Å²) in [7, 11) is 0. The number of rotatable bonds is 3. The van der Waals surface area contributed by atoms with Crippen molar-refractivity contribution in [2.75, 3.05) is 4.90 Å². The molecule has 4 aromatic rings. The monoisotopic (exact) mass is 460 g/mol. The van der Waals surface area contributed by atoms with Crippen molar-refractivity contribution in [2.45, 2.75) is 13.0 Å². The highest BCUT2D eigenvalue weighted by molar-refractivity contribution is 7.22. The van der Waals surface area contributed by atoms with Crippen molar-refractivity contribution in [3.63, 3.8) is 0 Å². The Balaban J connectivity index is 1.73. The molecule has 1 aromatic heterocycles. The molecule has 0 aliphatic carbocycles. The number of fused-ring (bicyclic) bond motifs is 1. The molecule has 32 heavy (non-hydrogen) atoms. The number of hydrogen-bond donors (Lipinski definition) is 1. The summed E-state index contributed by atoms with van der Waals surface area (Å²) in [5.74, 6) is -1.69. The van der Waals surface area contributed by atoms with Gasteiger partial charge >= 0.3 is 5.91 Å². The summed E-state index contributed by atoms with van der Waals surface area (Å²) < 4.78 is 0.901. The molecule has 2 heterocycles. The van der Waals surface area contributed by atoms with E-state index in [4.69, 9.17) is 11.6 Å². The maximum absolute atomic E-state index is 13.2. The predicted octanol–water partition coefficient (Wildman–Crippen LogP) is 5.88. The van der Waals surface area contributed by atoms with Crippen molar-refractivity contribution in [2.24, 2.45) is 0 Å². The zero-order chi connectivity index (χ0) is 22.4. The number of carbonyl (C=O) groups excluding carboxylic acids is 2. The van der Waals surface area contributed by atoms with Crippen LogP contribution in [0.2, 0.25) is 5.02 Å². The summed E-state index contributed by atoms with van der Waals surface area (Å²) in [5.41, 5.74) is 2.91. The lowest BCUT2D eigenvalue weighted by atomic mass is 9.95. The Morgan fingerprint density at radius 2 is 1.69 bits per heavy atom. The Morgan fingerprint density at radius 3 is 2.38 bits per heavy atom. The van der Waals surface area contributed by atoms with Gasteiger partial charge in [-0.3, -0.25) is 14.5 Å². The number of carbonyl (C=O) groups is 2. The van der Waals surface area contributed by atoms with Crippen LogP contribution in [0.3, 0.4) is 0 Å². The predicted molar refractivity (Wildman–Crippen MR) is 127 cm³/mol. The standard InChI is InChI=1S/C25H17ClN2O3S/c1-14-6-8-16(9-7-14)22(29)20-21(15-10-12-17(26)13-11-15)28(24(31)23(20)30)25-27-18-4-2-3-5-19(18)32-25/h2-13,21,29H,1H3. The number of amides is 1. The lowest BCUT2D eigenvalue weighted by Crippen LogP contribution is -2.29. The number of aryl methyl sites for hydroxylation is 1. The molecule has 1 fully saturated rings. The second-order valence-corrected chi connectivity index (χ2v) is 9.00. The molecule has 0 saturated carbocycles. The number of aliphatic hydroxyl groups is 1. The van der Waals surface area contributed by atoms with Crippen LogP contribution in [0.4, 0.5) is 5.13 Å². The molecule has 0 spiro atoms. The third kappa shape index (κ3) is 3.38. The van der Waals surface area contributed by atoms with Gasteiger partial charge in [0.05, 0.1) is 21.8 Å². The molecule has 1 N–H and O–H groups in total. The second-order valence-electron chi connectivity index (χ2n) is 7.55. The van der Waals surface area contributed by atoms with E-state index in [2.05, 4.69) is 4.98 Å². The van der Waals surface area contributed by atoms with Gasteiger partial charge in [0.2, 0.25) is 0 Å². The molecule has 5 nitrogen and oxygen atoms in total. The average Bonchev–Trinajstić information content (AvgIpc) is 3.33. The fourth-order valence-corrected chi connectivity index (χ4v) is 4.94. The number of anilines is 1. The molecule has 1 saturated heterocycles. The molecule has 1 amide bonds. The van der Waals surface area contributed by atoms with Crippen molar-refractivity contribution in [3.05, 3.63) is 100 Å². The minimum atomic E-state index is -0.825. The molecule has 1 aliphatic heterocycles. The van der Waals surface area contributed by atoms with Crippen LogP contribution in [0.5, 0.6) is 0 Å². The molecular weight excluding hydrogens is 444 g/mol. The first-order chi connectivity index (χ1) is 15.4. The molecule has 0 bridgehead atoms. The van der Waals surface area contributed by atoms with Gasteiger partial charge in [-0.1, -0.05) is 77.0 Å². The van der Waals surface area contributed by atoms with Gasteiger partial charge in [-0.05, 0) is 36.8 Å². The Hall–Kier alpha value is -3.48. The summed E-state index contributed by atoms with van der Waals surface area (Å²) in [6.07, 6.45) is 0. The third-order valence-corrected chi connectivity index (χ3v) is 6.73. The highest BCUT2D eigenvalue weighted by Crippen LogP contribution is 2.44. The highest BCUT2D eigenvalue weighted by Gasteiger charge is 2.48. The Morgan fingerprint density at radius 1 is 1.00 bits per heavy atom. The average molecular weight is 461 g/mol. The van der Waals surface area contributed by atoms with Gasteiger partial charge in [-0.25, -0.2) is 4.98 Å². The van der Waals surface area contributed by atoms with Gasteiger partial charge in [0, 0.05) is 10.6 Å². The lowest BCUT2D eigenvalue weighted by Gasteiger charge is -2.23. The fourth-order valence-electron chi connectivity index (χ4n) is 3.82. The zero-order valence-electron chi connectivity index (χ0n) is 16.9. The number of benzene rings is 3. The number of Topliss-reactive ketones (excluding diaryl/α,β-unsaturated/α-hetero) is 1. The number of thiazole rings is 1.